The van der Waals surface area contributed by atoms with E-state index in [2.05, 4.69) is 25.9 Å². The van der Waals surface area contributed by atoms with Gasteiger partial charge in [-0.2, -0.15) is 0 Å². The number of carboxylic acids is 1. The molecule has 1 aromatic carbocycles. The fourth-order valence-electron chi connectivity index (χ4n) is 1.25. The Kier molecular flexibility index (Phi) is 2.74. The lowest BCUT2D eigenvalue weighted by Crippen LogP contribution is -1.95. The second kappa shape index (κ2) is 4.05. The van der Waals surface area contributed by atoms with Gasteiger partial charge in [0.2, 0.25) is 0 Å². The van der Waals surface area contributed by atoms with Gasteiger partial charge in [0.25, 0.3) is 0 Å². The van der Waals surface area contributed by atoms with Crippen molar-refractivity contribution in [1.82, 2.24) is 9.97 Å². The number of aromatic amines is 1. The van der Waals surface area contributed by atoms with Crippen LogP contribution in [0.3, 0.4) is 0 Å². The molecule has 1 heterocycles. The molecule has 0 radical (unpaired) electrons. The number of aromatic nitrogens is 2. The highest BCUT2D eigenvalue weighted by atomic mass is 79.9. The van der Waals surface area contributed by atoms with Gasteiger partial charge >= 0.3 is 5.97 Å². The highest BCUT2D eigenvalue weighted by molar-refractivity contribution is 9.10. The average molecular weight is 285 g/mol. The van der Waals surface area contributed by atoms with Crippen LogP contribution in [0.1, 0.15) is 10.5 Å². The molecule has 4 nitrogen and oxygen atoms in total. The van der Waals surface area contributed by atoms with Gasteiger partial charge in [-0.05, 0) is 18.2 Å². The zero-order valence-corrected chi connectivity index (χ0v) is 9.45. The van der Waals surface area contributed by atoms with Crippen molar-refractivity contribution in [3.63, 3.8) is 0 Å². The predicted molar refractivity (Wildman–Crippen MR) is 58.6 cm³/mol. The second-order valence-electron chi connectivity index (χ2n) is 3.07. The van der Waals surface area contributed by atoms with Crippen molar-refractivity contribution < 1.29 is 14.3 Å². The molecule has 0 aliphatic rings. The summed E-state index contributed by atoms with van der Waals surface area (Å²) >= 11 is 3.24. The maximum absolute atomic E-state index is 13.0. The van der Waals surface area contributed by atoms with Crippen molar-refractivity contribution in [3.05, 3.63) is 40.4 Å². The van der Waals surface area contributed by atoms with Gasteiger partial charge in [-0.25, -0.2) is 14.2 Å². The molecule has 0 saturated carbocycles. The average Bonchev–Trinajstić information content (AvgIpc) is 2.70. The number of imidazole rings is 1. The quantitative estimate of drug-likeness (QED) is 0.891. The lowest BCUT2D eigenvalue weighted by molar-refractivity contribution is 0.0691. The molecule has 0 amide bonds. The molecule has 0 aliphatic carbocycles. The number of carbonyl (C=O) groups is 1. The van der Waals surface area contributed by atoms with Crippen LogP contribution in [0.25, 0.3) is 11.4 Å². The third kappa shape index (κ3) is 1.96. The van der Waals surface area contributed by atoms with Gasteiger partial charge in [0, 0.05) is 10.0 Å². The molecule has 0 fully saturated rings. The number of aromatic carboxylic acids is 1. The largest absolute Gasteiger partial charge is 0.477 e. The van der Waals surface area contributed by atoms with E-state index < -0.39 is 11.8 Å². The summed E-state index contributed by atoms with van der Waals surface area (Å²) in [7, 11) is 0. The van der Waals surface area contributed by atoms with Crippen LogP contribution in [-0.2, 0) is 0 Å². The molecule has 0 unspecified atom stereocenters. The molecule has 2 aromatic rings. The number of carboxylic acid groups (broad SMARTS) is 1. The van der Waals surface area contributed by atoms with E-state index in [0.29, 0.717) is 15.9 Å². The van der Waals surface area contributed by atoms with Gasteiger partial charge in [-0.1, -0.05) is 15.9 Å². The number of benzene rings is 1. The van der Waals surface area contributed by atoms with Crippen LogP contribution in [0, 0.1) is 5.82 Å². The molecule has 0 atom stereocenters. The third-order valence-electron chi connectivity index (χ3n) is 1.99. The molecule has 2 N–H and O–H groups in total. The Balaban J connectivity index is 2.50. The maximum Gasteiger partial charge on any atom is 0.353 e. The zero-order valence-electron chi connectivity index (χ0n) is 7.87. The lowest BCUT2D eigenvalue weighted by atomic mass is 10.2. The Hall–Kier alpha value is -1.69. The lowest BCUT2D eigenvalue weighted by Gasteiger charge is -2.00. The maximum atomic E-state index is 13.0. The van der Waals surface area contributed by atoms with E-state index in [0.717, 1.165) is 0 Å². The number of hydrogen-bond donors (Lipinski definition) is 2. The van der Waals surface area contributed by atoms with E-state index in [9.17, 15) is 9.18 Å². The third-order valence-corrected chi connectivity index (χ3v) is 2.68. The van der Waals surface area contributed by atoms with E-state index in [4.69, 9.17) is 5.11 Å². The molecule has 6 heteroatoms. The normalized spacial score (nSPS) is 10.4. The van der Waals surface area contributed by atoms with Gasteiger partial charge in [0.15, 0.2) is 0 Å². The van der Waals surface area contributed by atoms with Crippen LogP contribution in [0.15, 0.2) is 28.9 Å². The first kappa shape index (κ1) is 10.8. The first-order chi connectivity index (χ1) is 7.58. The molecule has 1 aromatic heterocycles. The molecular formula is C10H6BrFN2O2. The van der Waals surface area contributed by atoms with Crippen molar-refractivity contribution in [2.45, 2.75) is 0 Å². The number of nitrogens with one attached hydrogen (secondary N) is 1. The van der Waals surface area contributed by atoms with Crippen molar-refractivity contribution in [2.24, 2.45) is 0 Å². The highest BCUT2D eigenvalue weighted by Gasteiger charge is 2.11. The van der Waals surface area contributed by atoms with Crippen molar-refractivity contribution in [2.75, 3.05) is 0 Å². The molecule has 0 spiro atoms. The summed E-state index contributed by atoms with van der Waals surface area (Å²) in [6, 6.07) is 4.11. The topological polar surface area (TPSA) is 66.0 Å². The Morgan fingerprint density at radius 1 is 1.50 bits per heavy atom. The number of nitrogens with zero attached hydrogens (tertiary/aromatic N) is 1. The van der Waals surface area contributed by atoms with Gasteiger partial charge in [-0.3, -0.25) is 0 Å². The SMILES string of the molecule is O=C(O)c1cnc(-c2cc(F)ccc2Br)[nH]1. The number of hydrogen-bond acceptors (Lipinski definition) is 2. The van der Waals surface area contributed by atoms with Crippen LogP contribution < -0.4 is 0 Å². The molecule has 16 heavy (non-hydrogen) atoms. The minimum Gasteiger partial charge on any atom is -0.477 e. The van der Waals surface area contributed by atoms with E-state index in [1.807, 2.05) is 0 Å². The standard InChI is InChI=1S/C10H6BrFN2O2/c11-7-2-1-5(12)3-6(7)9-13-4-8(14-9)10(15)16/h1-4H,(H,13,14)(H,15,16). The Morgan fingerprint density at radius 2 is 2.25 bits per heavy atom. The number of halogens is 2. The van der Waals surface area contributed by atoms with Gasteiger partial charge in [0.05, 0.1) is 6.20 Å². The predicted octanol–water partition coefficient (Wildman–Crippen LogP) is 2.68. The van der Waals surface area contributed by atoms with E-state index in [1.165, 1.54) is 24.4 Å². The molecule has 0 saturated heterocycles. The first-order valence-electron chi connectivity index (χ1n) is 4.31. The van der Waals surface area contributed by atoms with Gasteiger partial charge < -0.3 is 10.1 Å². The molecule has 2 rings (SSSR count). The molecule has 82 valence electrons. The first-order valence-corrected chi connectivity index (χ1v) is 5.11. The minimum atomic E-state index is -1.11. The molecule has 0 aliphatic heterocycles. The zero-order chi connectivity index (χ0) is 11.7. The Labute approximate surface area is 98.3 Å². The van der Waals surface area contributed by atoms with Crippen LogP contribution >= 0.6 is 15.9 Å². The minimum absolute atomic E-state index is 0.0360. The van der Waals surface area contributed by atoms with E-state index >= 15 is 0 Å². The fraction of sp³-hybridized carbons (Fsp3) is 0. The second-order valence-corrected chi connectivity index (χ2v) is 3.93. The monoisotopic (exact) mass is 284 g/mol. The van der Waals surface area contributed by atoms with Gasteiger partial charge in [0.1, 0.15) is 17.3 Å². The summed E-state index contributed by atoms with van der Waals surface area (Å²) in [5, 5.41) is 8.71. The van der Waals surface area contributed by atoms with Crippen molar-refractivity contribution in [1.29, 1.82) is 0 Å². The molecular weight excluding hydrogens is 279 g/mol. The molecule has 0 bridgehead atoms. The summed E-state index contributed by atoms with van der Waals surface area (Å²) in [4.78, 5) is 17.1. The van der Waals surface area contributed by atoms with Crippen LogP contribution in [0.5, 0.6) is 0 Å². The van der Waals surface area contributed by atoms with E-state index in [1.54, 1.807) is 0 Å². The summed E-state index contributed by atoms with van der Waals surface area (Å²) in [6.07, 6.45) is 1.19. The summed E-state index contributed by atoms with van der Waals surface area (Å²) in [6.45, 7) is 0. The Morgan fingerprint density at radius 3 is 2.88 bits per heavy atom. The summed E-state index contributed by atoms with van der Waals surface area (Å²) in [5.41, 5.74) is 0.443. The number of rotatable bonds is 2. The van der Waals surface area contributed by atoms with Crippen molar-refractivity contribution in [3.8, 4) is 11.4 Å². The highest BCUT2D eigenvalue weighted by Crippen LogP contribution is 2.26. The smallest absolute Gasteiger partial charge is 0.353 e. The van der Waals surface area contributed by atoms with Crippen LogP contribution in [0.2, 0.25) is 0 Å². The van der Waals surface area contributed by atoms with Crippen LogP contribution in [0.4, 0.5) is 4.39 Å². The van der Waals surface area contributed by atoms with Gasteiger partial charge in [-0.15, -0.1) is 0 Å². The van der Waals surface area contributed by atoms with Crippen molar-refractivity contribution >= 4 is 21.9 Å². The summed E-state index contributed by atoms with van der Waals surface area (Å²) in [5.74, 6) is -1.21. The van der Waals surface area contributed by atoms with Crippen LogP contribution in [-0.4, -0.2) is 21.0 Å². The number of H-pyrrole nitrogens is 1. The Bertz CT molecular complexity index is 554. The summed E-state index contributed by atoms with van der Waals surface area (Å²) < 4.78 is 13.7. The fourth-order valence-corrected chi connectivity index (χ4v) is 1.68. The van der Waals surface area contributed by atoms with E-state index in [-0.39, 0.29) is 5.69 Å².